The highest BCUT2D eigenvalue weighted by molar-refractivity contribution is 5.77. The Kier molecular flexibility index (Phi) is 5.29. The first-order valence-electron chi connectivity index (χ1n) is 5.72. The van der Waals surface area contributed by atoms with Crippen molar-refractivity contribution >= 4 is 5.91 Å². The molecule has 0 fully saturated rings. The summed E-state index contributed by atoms with van der Waals surface area (Å²) in [6.07, 6.45) is 0.415. The molecular formula is C12H26N2O. The number of amides is 1. The molecule has 0 saturated carbocycles. The first-order chi connectivity index (χ1) is 6.63. The van der Waals surface area contributed by atoms with Gasteiger partial charge in [-0.25, -0.2) is 0 Å². The molecule has 0 bridgehead atoms. The predicted molar refractivity (Wildman–Crippen MR) is 64.6 cm³/mol. The normalized spacial score (nSPS) is 12.3. The molecule has 1 amide bonds. The molecule has 15 heavy (non-hydrogen) atoms. The van der Waals surface area contributed by atoms with E-state index in [1.807, 2.05) is 32.6 Å². The summed E-state index contributed by atoms with van der Waals surface area (Å²) in [5, 5.41) is 0. The van der Waals surface area contributed by atoms with Gasteiger partial charge in [0, 0.05) is 24.5 Å². The molecule has 0 rings (SSSR count). The molecule has 0 aliphatic rings. The molecule has 0 heterocycles. The van der Waals surface area contributed by atoms with E-state index in [1.165, 1.54) is 0 Å². The molecule has 3 nitrogen and oxygen atoms in total. The van der Waals surface area contributed by atoms with Gasteiger partial charge in [0.05, 0.1) is 0 Å². The second kappa shape index (κ2) is 5.50. The monoisotopic (exact) mass is 214 g/mol. The van der Waals surface area contributed by atoms with Crippen LogP contribution in [0.5, 0.6) is 0 Å². The van der Waals surface area contributed by atoms with Gasteiger partial charge in [-0.1, -0.05) is 13.8 Å². The van der Waals surface area contributed by atoms with E-state index in [-0.39, 0.29) is 11.9 Å². The largest absolute Gasteiger partial charge is 0.340 e. The summed E-state index contributed by atoms with van der Waals surface area (Å²) < 4.78 is 0. The van der Waals surface area contributed by atoms with Crippen LogP contribution in [0.2, 0.25) is 0 Å². The fourth-order valence-corrected chi connectivity index (χ4v) is 1.49. The summed E-state index contributed by atoms with van der Waals surface area (Å²) in [4.78, 5) is 13.9. The Morgan fingerprint density at radius 2 is 1.73 bits per heavy atom. The van der Waals surface area contributed by atoms with Crippen LogP contribution < -0.4 is 5.73 Å². The third-order valence-electron chi connectivity index (χ3n) is 2.11. The smallest absolute Gasteiger partial charge is 0.224 e. The maximum absolute atomic E-state index is 12.0. The van der Waals surface area contributed by atoms with Crippen molar-refractivity contribution < 1.29 is 4.79 Å². The molecular weight excluding hydrogens is 188 g/mol. The van der Waals surface area contributed by atoms with E-state index in [2.05, 4.69) is 13.8 Å². The van der Waals surface area contributed by atoms with Crippen LogP contribution in [-0.2, 0) is 4.79 Å². The fourth-order valence-electron chi connectivity index (χ4n) is 1.49. The Morgan fingerprint density at radius 1 is 1.27 bits per heavy atom. The molecule has 3 heteroatoms. The van der Waals surface area contributed by atoms with Gasteiger partial charge in [0.25, 0.3) is 0 Å². The molecule has 0 saturated heterocycles. The average Bonchev–Trinajstić information content (AvgIpc) is 1.95. The van der Waals surface area contributed by atoms with E-state index in [4.69, 9.17) is 5.73 Å². The summed E-state index contributed by atoms with van der Waals surface area (Å²) in [6.45, 7) is 12.9. The standard InChI is InChI=1S/C12H26N2O/c1-9(2)8-14(10(3)4)11(15)7-12(5,6)13/h9-10H,7-8,13H2,1-6H3. The van der Waals surface area contributed by atoms with Crippen LogP contribution in [0.1, 0.15) is 48.0 Å². The summed E-state index contributed by atoms with van der Waals surface area (Å²) in [5.41, 5.74) is 5.44. The maximum atomic E-state index is 12.0. The highest BCUT2D eigenvalue weighted by Gasteiger charge is 2.23. The van der Waals surface area contributed by atoms with E-state index in [0.29, 0.717) is 12.3 Å². The maximum Gasteiger partial charge on any atom is 0.224 e. The van der Waals surface area contributed by atoms with Crippen molar-refractivity contribution in [3.05, 3.63) is 0 Å². The van der Waals surface area contributed by atoms with Crippen LogP contribution >= 0.6 is 0 Å². The SMILES string of the molecule is CC(C)CN(C(=O)CC(C)(C)N)C(C)C. The van der Waals surface area contributed by atoms with Crippen LogP contribution in [0.15, 0.2) is 0 Å². The lowest BCUT2D eigenvalue weighted by Gasteiger charge is -2.31. The number of nitrogens with two attached hydrogens (primary N) is 1. The average molecular weight is 214 g/mol. The summed E-state index contributed by atoms with van der Waals surface area (Å²) >= 11 is 0. The van der Waals surface area contributed by atoms with Gasteiger partial charge < -0.3 is 10.6 Å². The molecule has 0 radical (unpaired) electrons. The lowest BCUT2D eigenvalue weighted by Crippen LogP contribution is -2.45. The van der Waals surface area contributed by atoms with Crippen LogP contribution in [-0.4, -0.2) is 28.9 Å². The topological polar surface area (TPSA) is 46.3 Å². The molecule has 0 unspecified atom stereocenters. The summed E-state index contributed by atoms with van der Waals surface area (Å²) in [6, 6.07) is 0.252. The Labute approximate surface area is 94.0 Å². The quantitative estimate of drug-likeness (QED) is 0.761. The Hall–Kier alpha value is -0.570. The first-order valence-corrected chi connectivity index (χ1v) is 5.72. The van der Waals surface area contributed by atoms with Crippen LogP contribution in [0.4, 0.5) is 0 Å². The van der Waals surface area contributed by atoms with Crippen molar-refractivity contribution in [2.24, 2.45) is 11.7 Å². The lowest BCUT2D eigenvalue weighted by atomic mass is 10.0. The van der Waals surface area contributed by atoms with Gasteiger partial charge in [-0.2, -0.15) is 0 Å². The van der Waals surface area contributed by atoms with Crippen molar-refractivity contribution in [2.45, 2.75) is 59.5 Å². The van der Waals surface area contributed by atoms with E-state index < -0.39 is 5.54 Å². The van der Waals surface area contributed by atoms with E-state index in [9.17, 15) is 4.79 Å². The number of hydrogen-bond donors (Lipinski definition) is 1. The number of rotatable bonds is 5. The molecule has 90 valence electrons. The van der Waals surface area contributed by atoms with Gasteiger partial charge >= 0.3 is 0 Å². The van der Waals surface area contributed by atoms with Gasteiger partial charge in [0.15, 0.2) is 0 Å². The molecule has 0 aromatic rings. The minimum absolute atomic E-state index is 0.159. The number of nitrogens with zero attached hydrogens (tertiary/aromatic N) is 1. The molecule has 0 aromatic carbocycles. The van der Waals surface area contributed by atoms with Gasteiger partial charge in [0.2, 0.25) is 5.91 Å². The van der Waals surface area contributed by atoms with E-state index >= 15 is 0 Å². The van der Waals surface area contributed by atoms with Gasteiger partial charge in [-0.3, -0.25) is 4.79 Å². The zero-order chi connectivity index (χ0) is 12.2. The Bertz CT molecular complexity index is 204. The van der Waals surface area contributed by atoms with Crippen molar-refractivity contribution in [2.75, 3.05) is 6.54 Å². The fraction of sp³-hybridized carbons (Fsp3) is 0.917. The van der Waals surface area contributed by atoms with Crippen molar-refractivity contribution in [1.29, 1.82) is 0 Å². The van der Waals surface area contributed by atoms with E-state index in [0.717, 1.165) is 6.54 Å². The van der Waals surface area contributed by atoms with Crippen LogP contribution in [0.25, 0.3) is 0 Å². The third-order valence-corrected chi connectivity index (χ3v) is 2.11. The summed E-state index contributed by atoms with van der Waals surface area (Å²) in [7, 11) is 0. The Morgan fingerprint density at radius 3 is 2.00 bits per heavy atom. The number of carbonyl (C=O) groups excluding carboxylic acids is 1. The molecule has 0 aliphatic carbocycles. The van der Waals surface area contributed by atoms with Gasteiger partial charge in [0.1, 0.15) is 0 Å². The second-order valence-corrected chi connectivity index (χ2v) is 5.70. The summed E-state index contributed by atoms with van der Waals surface area (Å²) in [5.74, 6) is 0.656. The van der Waals surface area contributed by atoms with Gasteiger partial charge in [-0.15, -0.1) is 0 Å². The van der Waals surface area contributed by atoms with E-state index in [1.54, 1.807) is 0 Å². The number of carbonyl (C=O) groups is 1. The zero-order valence-corrected chi connectivity index (χ0v) is 11.0. The number of hydrogen-bond acceptors (Lipinski definition) is 2. The Balaban J connectivity index is 4.43. The highest BCUT2D eigenvalue weighted by atomic mass is 16.2. The van der Waals surface area contributed by atoms with Crippen LogP contribution in [0.3, 0.4) is 0 Å². The predicted octanol–water partition coefficient (Wildman–Crippen LogP) is 2.01. The van der Waals surface area contributed by atoms with Crippen molar-refractivity contribution in [3.8, 4) is 0 Å². The minimum atomic E-state index is -0.415. The molecule has 0 aliphatic heterocycles. The molecule has 0 aromatic heterocycles. The second-order valence-electron chi connectivity index (χ2n) is 5.70. The molecule has 2 N–H and O–H groups in total. The highest BCUT2D eigenvalue weighted by Crippen LogP contribution is 2.11. The van der Waals surface area contributed by atoms with Crippen molar-refractivity contribution in [3.63, 3.8) is 0 Å². The molecule has 0 atom stereocenters. The first kappa shape index (κ1) is 14.4. The molecule has 0 spiro atoms. The zero-order valence-electron chi connectivity index (χ0n) is 11.0. The van der Waals surface area contributed by atoms with Crippen LogP contribution in [0, 0.1) is 5.92 Å². The van der Waals surface area contributed by atoms with Gasteiger partial charge in [-0.05, 0) is 33.6 Å². The third kappa shape index (κ3) is 6.50. The van der Waals surface area contributed by atoms with Crippen molar-refractivity contribution in [1.82, 2.24) is 4.90 Å². The minimum Gasteiger partial charge on any atom is -0.340 e. The lowest BCUT2D eigenvalue weighted by molar-refractivity contribution is -0.134.